The zero-order valence-corrected chi connectivity index (χ0v) is 13.4. The van der Waals surface area contributed by atoms with E-state index < -0.39 is 11.1 Å². The number of aromatic nitrogens is 2. The Morgan fingerprint density at radius 1 is 1.08 bits per heavy atom. The van der Waals surface area contributed by atoms with Gasteiger partial charge in [0.2, 0.25) is 0 Å². The van der Waals surface area contributed by atoms with E-state index in [0.29, 0.717) is 11.3 Å². The molecule has 0 aliphatic heterocycles. The van der Waals surface area contributed by atoms with Crippen molar-refractivity contribution < 1.29 is 15.2 Å². The number of nitrogens with one attached hydrogen (secondary N) is 1. The summed E-state index contributed by atoms with van der Waals surface area (Å²) in [5.41, 5.74) is 12.7. The third-order valence-electron chi connectivity index (χ3n) is 3.51. The Kier molecular flexibility index (Phi) is 4.71. The van der Waals surface area contributed by atoms with Gasteiger partial charge in [-0.25, -0.2) is 5.21 Å². The molecule has 0 saturated carbocycles. The molecule has 6 N–H and O–H groups in total. The normalized spacial score (nSPS) is 12.4. The zero-order chi connectivity index (χ0) is 18.7. The summed E-state index contributed by atoms with van der Waals surface area (Å²) in [5.74, 6) is -0.526. The third kappa shape index (κ3) is 3.42. The molecule has 0 spiro atoms. The Morgan fingerprint density at radius 2 is 1.73 bits per heavy atom. The lowest BCUT2D eigenvalue weighted by atomic mass is 10.2. The molecule has 3 aromatic rings. The summed E-state index contributed by atoms with van der Waals surface area (Å²) >= 11 is 0. The van der Waals surface area contributed by atoms with E-state index in [1.165, 1.54) is 24.3 Å². The molecule has 0 aliphatic rings. The van der Waals surface area contributed by atoms with Crippen molar-refractivity contribution in [3.05, 3.63) is 65.4 Å². The van der Waals surface area contributed by atoms with Crippen LogP contribution in [0.25, 0.3) is 0 Å². The van der Waals surface area contributed by atoms with Crippen LogP contribution in [0, 0.1) is 5.21 Å². The van der Waals surface area contributed by atoms with Crippen molar-refractivity contribution in [1.82, 2.24) is 9.78 Å². The lowest BCUT2D eigenvalue weighted by molar-refractivity contribution is -0.991. The second-order valence-electron chi connectivity index (χ2n) is 5.25. The fraction of sp³-hybridized carbons (Fsp3) is 0. The quantitative estimate of drug-likeness (QED) is 0.411. The number of quaternary nitrogens is 1. The highest BCUT2D eigenvalue weighted by Gasteiger charge is 2.19. The monoisotopic (exact) mass is 353 g/mol. The molecule has 0 radical (unpaired) electrons. The number of rotatable bonds is 4. The van der Waals surface area contributed by atoms with Crippen LogP contribution in [0.1, 0.15) is 10.4 Å². The molecule has 10 heteroatoms. The first-order valence-electron chi connectivity index (χ1n) is 7.46. The maximum absolute atomic E-state index is 12.4. The fourth-order valence-electron chi connectivity index (χ4n) is 2.18. The standard InChI is InChI=1S/C16H15N7O3/c17-14-13(20-19-11-6-8-12(9-7-11)23(25)26)15(18)22(21-14)16(24)10-4-2-1-3-5-10/h1-9,23,25H,18H2,(H2,17,21). The summed E-state index contributed by atoms with van der Waals surface area (Å²) in [6.07, 6.45) is 0. The van der Waals surface area contributed by atoms with Crippen LogP contribution >= 0.6 is 0 Å². The Labute approximate surface area is 147 Å². The Morgan fingerprint density at radius 3 is 2.35 bits per heavy atom. The lowest BCUT2D eigenvalue weighted by Gasteiger charge is -2.10. The van der Waals surface area contributed by atoms with Gasteiger partial charge in [0.25, 0.3) is 5.91 Å². The van der Waals surface area contributed by atoms with E-state index in [-0.39, 0.29) is 23.0 Å². The van der Waals surface area contributed by atoms with Gasteiger partial charge in [0.05, 0.1) is 5.69 Å². The molecule has 0 amide bonds. The van der Waals surface area contributed by atoms with Crippen molar-refractivity contribution in [1.29, 1.82) is 0 Å². The molecule has 0 fully saturated rings. The SMILES string of the molecule is Nc1nn(C(=O)c2ccccc2)c(N)c1N=Nc1ccc([NH+]([O-])O)cc1. The predicted octanol–water partition coefficient (Wildman–Crippen LogP) is 1.55. The molecule has 0 saturated heterocycles. The molecule has 0 aliphatic carbocycles. The highest BCUT2D eigenvalue weighted by atomic mass is 16.8. The minimum absolute atomic E-state index is 0.0396. The number of hydrogen-bond donors (Lipinski definition) is 4. The molecule has 1 unspecified atom stereocenters. The summed E-state index contributed by atoms with van der Waals surface area (Å²) in [6.45, 7) is 0. The smallest absolute Gasteiger partial charge is 0.280 e. The highest BCUT2D eigenvalue weighted by Crippen LogP contribution is 2.31. The second kappa shape index (κ2) is 7.11. The van der Waals surface area contributed by atoms with Crippen LogP contribution < -0.4 is 16.7 Å². The van der Waals surface area contributed by atoms with Gasteiger partial charge < -0.3 is 16.7 Å². The van der Waals surface area contributed by atoms with E-state index in [2.05, 4.69) is 15.3 Å². The van der Waals surface area contributed by atoms with Crippen molar-refractivity contribution >= 4 is 34.6 Å². The largest absolute Gasteiger partial charge is 0.595 e. The van der Waals surface area contributed by atoms with Gasteiger partial charge in [0.1, 0.15) is 0 Å². The van der Waals surface area contributed by atoms with Crippen LogP contribution in [0.2, 0.25) is 0 Å². The number of benzene rings is 2. The van der Waals surface area contributed by atoms with Gasteiger partial charge >= 0.3 is 0 Å². The molecule has 1 heterocycles. The number of carbonyl (C=O) groups is 1. The molecule has 2 aromatic carbocycles. The van der Waals surface area contributed by atoms with E-state index in [1.807, 2.05) is 0 Å². The molecular formula is C16H15N7O3. The van der Waals surface area contributed by atoms with Crippen molar-refractivity contribution in [2.24, 2.45) is 10.2 Å². The van der Waals surface area contributed by atoms with Crippen molar-refractivity contribution in [3.8, 4) is 0 Å². The molecule has 1 aromatic heterocycles. The Bertz CT molecular complexity index is 950. The maximum Gasteiger partial charge on any atom is 0.280 e. The predicted molar refractivity (Wildman–Crippen MR) is 93.6 cm³/mol. The van der Waals surface area contributed by atoms with E-state index in [9.17, 15) is 10.0 Å². The van der Waals surface area contributed by atoms with Crippen LogP contribution in [-0.2, 0) is 0 Å². The van der Waals surface area contributed by atoms with Crippen LogP contribution in [0.3, 0.4) is 0 Å². The van der Waals surface area contributed by atoms with Crippen molar-refractivity contribution in [2.75, 3.05) is 11.5 Å². The number of azo groups is 1. The Hall–Kier alpha value is -3.60. The highest BCUT2D eigenvalue weighted by molar-refractivity contribution is 5.99. The van der Waals surface area contributed by atoms with Gasteiger partial charge in [-0.1, -0.05) is 18.2 Å². The van der Waals surface area contributed by atoms with Gasteiger partial charge in [0.15, 0.2) is 23.0 Å². The number of carbonyl (C=O) groups excluding carboxylic acids is 1. The number of nitrogens with two attached hydrogens (primary N) is 2. The molecule has 0 bridgehead atoms. The molecular weight excluding hydrogens is 338 g/mol. The number of nitrogens with zero attached hydrogens (tertiary/aromatic N) is 4. The molecule has 10 nitrogen and oxygen atoms in total. The molecule has 3 rings (SSSR count). The van der Waals surface area contributed by atoms with Crippen LogP contribution in [0.15, 0.2) is 64.8 Å². The topological polar surface area (TPSA) is 159 Å². The number of anilines is 2. The average Bonchev–Trinajstić information content (AvgIpc) is 2.94. The van der Waals surface area contributed by atoms with Gasteiger partial charge in [0, 0.05) is 17.7 Å². The fourth-order valence-corrected chi connectivity index (χ4v) is 2.18. The minimum atomic E-state index is -1.04. The van der Waals surface area contributed by atoms with Crippen LogP contribution in [-0.4, -0.2) is 20.9 Å². The first-order valence-corrected chi connectivity index (χ1v) is 7.46. The van der Waals surface area contributed by atoms with Crippen molar-refractivity contribution in [3.63, 3.8) is 0 Å². The summed E-state index contributed by atoms with van der Waals surface area (Å²) in [5, 5.41) is 30.5. The van der Waals surface area contributed by atoms with Crippen LogP contribution in [0.4, 0.5) is 28.7 Å². The van der Waals surface area contributed by atoms with Gasteiger partial charge in [-0.15, -0.1) is 10.2 Å². The summed E-state index contributed by atoms with van der Waals surface area (Å²) in [7, 11) is 0. The van der Waals surface area contributed by atoms with Gasteiger partial charge in [-0.05, 0) is 24.3 Å². The molecule has 132 valence electrons. The van der Waals surface area contributed by atoms with E-state index in [1.54, 1.807) is 30.3 Å². The van der Waals surface area contributed by atoms with Crippen molar-refractivity contribution in [2.45, 2.75) is 0 Å². The first kappa shape index (κ1) is 17.2. The average molecular weight is 353 g/mol. The third-order valence-corrected chi connectivity index (χ3v) is 3.51. The first-order chi connectivity index (χ1) is 12.5. The maximum atomic E-state index is 12.4. The molecule has 26 heavy (non-hydrogen) atoms. The number of nitrogen functional groups attached to an aromatic ring is 2. The lowest BCUT2D eigenvalue weighted by Crippen LogP contribution is -2.99. The van der Waals surface area contributed by atoms with Gasteiger partial charge in [-0.2, -0.15) is 15.0 Å². The van der Waals surface area contributed by atoms with E-state index in [0.717, 1.165) is 4.68 Å². The van der Waals surface area contributed by atoms with Crippen LogP contribution in [0.5, 0.6) is 0 Å². The summed E-state index contributed by atoms with van der Waals surface area (Å²) in [6, 6.07) is 14.2. The number of hydrogen-bond acceptors (Lipinski definition) is 8. The van der Waals surface area contributed by atoms with E-state index in [4.69, 9.17) is 16.7 Å². The summed E-state index contributed by atoms with van der Waals surface area (Å²) < 4.78 is 0.965. The zero-order valence-electron chi connectivity index (χ0n) is 13.4. The van der Waals surface area contributed by atoms with Gasteiger partial charge in [-0.3, -0.25) is 4.79 Å². The Balaban J connectivity index is 1.87. The molecule has 1 atom stereocenters. The minimum Gasteiger partial charge on any atom is -0.595 e. The summed E-state index contributed by atoms with van der Waals surface area (Å²) in [4.78, 5) is 12.4. The van der Waals surface area contributed by atoms with E-state index >= 15 is 0 Å². The second-order valence-corrected chi connectivity index (χ2v) is 5.25.